The van der Waals surface area contributed by atoms with E-state index in [0.29, 0.717) is 36.9 Å². The minimum absolute atomic E-state index is 0. The first kappa shape index (κ1) is 28.7. The number of halogens is 1. The van der Waals surface area contributed by atoms with E-state index in [1.54, 1.807) is 14.0 Å². The van der Waals surface area contributed by atoms with Crippen LogP contribution in [0.1, 0.15) is 33.6 Å². The van der Waals surface area contributed by atoms with Gasteiger partial charge in [-0.05, 0) is 57.9 Å². The number of nitrogens with zero attached hydrogens (tertiary/aromatic N) is 4. The topological polar surface area (TPSA) is 151 Å². The largest absolute Gasteiger partial charge is 1.00 e. The van der Waals surface area contributed by atoms with Gasteiger partial charge in [0.25, 0.3) is 0 Å². The Bertz CT molecular complexity index is 867. The summed E-state index contributed by atoms with van der Waals surface area (Å²) < 4.78 is 19.9. The first-order valence-electron chi connectivity index (χ1n) is 10.1. The maximum absolute atomic E-state index is 14.1. The summed E-state index contributed by atoms with van der Waals surface area (Å²) in [5.74, 6) is 0.634. The van der Waals surface area contributed by atoms with E-state index in [1.807, 2.05) is 11.8 Å². The molecule has 6 N–H and O–H groups in total. The van der Waals surface area contributed by atoms with Crippen molar-refractivity contribution in [2.24, 2.45) is 21.5 Å². The van der Waals surface area contributed by atoms with Gasteiger partial charge in [0.2, 0.25) is 0 Å². The number of amidine groups is 1. The maximum Gasteiger partial charge on any atom is 1.00 e. The summed E-state index contributed by atoms with van der Waals surface area (Å²) in [7, 11) is 1.61. The van der Waals surface area contributed by atoms with Gasteiger partial charge >= 0.3 is 51.4 Å². The van der Waals surface area contributed by atoms with E-state index in [2.05, 4.69) is 15.3 Å². The molecule has 0 saturated heterocycles. The maximum atomic E-state index is 14.1. The summed E-state index contributed by atoms with van der Waals surface area (Å²) in [6, 6.07) is -0.596. The smallest absolute Gasteiger partial charge is 0.485 e. The Hall–Kier alpha value is -1.37. The molecule has 0 bridgehead atoms. The number of allylic oxidation sites excluding steroid dienone is 3. The summed E-state index contributed by atoms with van der Waals surface area (Å²) in [5.41, 5.74) is 11.1. The van der Waals surface area contributed by atoms with Crippen LogP contribution < -0.4 is 62.9 Å². The van der Waals surface area contributed by atoms with Crippen LogP contribution in [0.15, 0.2) is 45.1 Å². The van der Waals surface area contributed by atoms with Crippen LogP contribution in [0.4, 0.5) is 4.39 Å². The first-order chi connectivity index (χ1) is 14.6. The fourth-order valence-electron chi connectivity index (χ4n) is 2.93. The monoisotopic (exact) mass is 470 g/mol. The Morgan fingerprint density at radius 3 is 2.53 bits per heavy atom. The Morgan fingerprint density at radius 2 is 2.03 bits per heavy atom. The molecule has 1 atom stereocenters. The van der Waals surface area contributed by atoms with Crippen LogP contribution in [0.3, 0.4) is 0 Å². The zero-order chi connectivity index (χ0) is 23.2. The Labute approximate surface area is 231 Å². The van der Waals surface area contributed by atoms with Crippen molar-refractivity contribution in [2.75, 3.05) is 26.7 Å². The van der Waals surface area contributed by atoms with Crippen molar-refractivity contribution in [1.29, 1.82) is 10.8 Å². The fraction of sp³-hybridized carbons (Fsp3) is 0.524. The molecule has 11 heteroatoms. The van der Waals surface area contributed by atoms with Gasteiger partial charge in [0.1, 0.15) is 17.3 Å². The molecule has 0 aromatic carbocycles. The van der Waals surface area contributed by atoms with Crippen molar-refractivity contribution in [3.63, 3.8) is 0 Å². The quantitative estimate of drug-likeness (QED) is 0.119. The van der Waals surface area contributed by atoms with E-state index >= 15 is 0 Å². The van der Waals surface area contributed by atoms with E-state index in [9.17, 15) is 4.39 Å². The number of hydrogen-bond acceptors (Lipinski definition) is 7. The van der Waals surface area contributed by atoms with Gasteiger partial charge in [0.05, 0.1) is 17.8 Å². The summed E-state index contributed by atoms with van der Waals surface area (Å²) >= 11 is 0. The molecule has 32 heavy (non-hydrogen) atoms. The molecule has 2 rings (SSSR count). The van der Waals surface area contributed by atoms with Gasteiger partial charge in [-0.2, -0.15) is 0 Å². The molecule has 0 aromatic rings. The second-order valence-electron chi connectivity index (χ2n) is 7.85. The van der Waals surface area contributed by atoms with Gasteiger partial charge < -0.3 is 26.4 Å². The minimum atomic E-state index is -0.596. The van der Waals surface area contributed by atoms with E-state index < -0.39 is 11.9 Å². The molecular formula is C21H32FKN8O. The first-order valence-corrected chi connectivity index (χ1v) is 10.1. The van der Waals surface area contributed by atoms with E-state index in [1.165, 1.54) is 25.4 Å². The van der Waals surface area contributed by atoms with E-state index in [0.717, 1.165) is 12.8 Å². The standard InChI is InChI=1S/C21H32FN8O.K/c1-13(22)17(31-21(3)5-6-21)9-15(14(2)24)20(26)16(25)10-19(27-4)30-8-7-28-18(11-30)29-12-23;/h9-10,12,14,25-26H,5-8,11,24H2,1-4H3,(H2,23,28,29);/q-1;+1/b15-9+,17-13-,19-10+,25-16?,26-20?;. The molecule has 0 radical (unpaired) electrons. The van der Waals surface area contributed by atoms with Gasteiger partial charge in [0, 0.05) is 19.1 Å². The number of nitrogens with two attached hydrogens (primary N) is 2. The second kappa shape index (κ2) is 12.8. The summed E-state index contributed by atoms with van der Waals surface area (Å²) in [6.45, 7) is 6.42. The predicted octanol–water partition coefficient (Wildman–Crippen LogP) is -0.380. The van der Waals surface area contributed by atoms with Crippen LogP contribution in [0.2, 0.25) is 0 Å². The summed E-state index contributed by atoms with van der Waals surface area (Å²) in [5, 5.41) is 21.2. The molecule has 1 saturated carbocycles. The zero-order valence-corrected chi connectivity index (χ0v) is 22.7. The number of ether oxygens (including phenoxy) is 1. The van der Waals surface area contributed by atoms with Gasteiger partial charge in [-0.25, -0.2) is 9.38 Å². The van der Waals surface area contributed by atoms with Crippen LogP contribution in [-0.4, -0.2) is 66.8 Å². The van der Waals surface area contributed by atoms with Gasteiger partial charge in [-0.15, -0.1) is 0 Å². The normalized spacial score (nSPS) is 20.1. The molecule has 1 unspecified atom stereocenters. The average molecular weight is 471 g/mol. The van der Waals surface area contributed by atoms with Gasteiger partial charge in [0.15, 0.2) is 5.76 Å². The third-order valence-electron chi connectivity index (χ3n) is 5.03. The van der Waals surface area contributed by atoms with Crippen molar-refractivity contribution >= 4 is 23.6 Å². The van der Waals surface area contributed by atoms with E-state index in [4.69, 9.17) is 27.0 Å². The van der Waals surface area contributed by atoms with Crippen molar-refractivity contribution in [3.05, 3.63) is 40.4 Å². The molecule has 2 aliphatic rings. The summed E-state index contributed by atoms with van der Waals surface area (Å²) in [6.07, 6.45) is 5.80. The average Bonchev–Trinajstić information content (AvgIpc) is 3.45. The van der Waals surface area contributed by atoms with Crippen molar-refractivity contribution in [2.45, 2.75) is 45.3 Å². The molecule has 1 aliphatic heterocycles. The number of aliphatic imine (C=N–C) groups is 2. The molecule has 0 amide bonds. The summed E-state index contributed by atoms with van der Waals surface area (Å²) in [4.78, 5) is 10.2. The third kappa shape index (κ3) is 8.20. The zero-order valence-electron chi connectivity index (χ0n) is 19.6. The molecular weight excluding hydrogens is 438 g/mol. The minimum Gasteiger partial charge on any atom is -0.485 e. The number of rotatable bonds is 9. The molecule has 0 spiro atoms. The van der Waals surface area contributed by atoms with Crippen LogP contribution in [0, 0.1) is 10.8 Å². The molecule has 1 fully saturated rings. The van der Waals surface area contributed by atoms with Gasteiger partial charge in [-0.1, -0.05) is 12.9 Å². The molecule has 1 aliphatic carbocycles. The Kier molecular flexibility index (Phi) is 11.4. The SMILES string of the molecule is C[N-]/C(=C\C(=N)C(=N)/C(=C/C(OC1(C)CC1)=C(\C)F)C(C)N)N1CCN=C(N=CN)C1.[K+]. The van der Waals surface area contributed by atoms with Crippen LogP contribution in [0.5, 0.6) is 0 Å². The molecule has 1 heterocycles. The number of nitrogens with one attached hydrogen (secondary N) is 2. The van der Waals surface area contributed by atoms with Crippen LogP contribution >= 0.6 is 0 Å². The van der Waals surface area contributed by atoms with Crippen molar-refractivity contribution in [3.8, 4) is 0 Å². The van der Waals surface area contributed by atoms with Crippen molar-refractivity contribution in [1.82, 2.24) is 4.90 Å². The van der Waals surface area contributed by atoms with Crippen LogP contribution in [-0.2, 0) is 4.74 Å². The van der Waals surface area contributed by atoms with E-state index in [-0.39, 0.29) is 74.2 Å². The van der Waals surface area contributed by atoms with Gasteiger partial charge in [-0.3, -0.25) is 15.8 Å². The predicted molar refractivity (Wildman–Crippen MR) is 124 cm³/mol. The second-order valence-corrected chi connectivity index (χ2v) is 7.85. The fourth-order valence-corrected chi connectivity index (χ4v) is 2.93. The molecule has 170 valence electrons. The van der Waals surface area contributed by atoms with Crippen LogP contribution in [0.25, 0.3) is 5.32 Å². The molecule has 0 aromatic heterocycles. The Balaban J connectivity index is 0.00000512. The Morgan fingerprint density at radius 1 is 1.38 bits per heavy atom. The number of hydrogen-bond donors (Lipinski definition) is 4. The molecule has 9 nitrogen and oxygen atoms in total. The third-order valence-corrected chi connectivity index (χ3v) is 5.03. The van der Waals surface area contributed by atoms with Crippen molar-refractivity contribution < 1.29 is 60.5 Å².